The third kappa shape index (κ3) is 9.14. The molecule has 0 heterocycles. The van der Waals surface area contributed by atoms with E-state index >= 15 is 0 Å². The summed E-state index contributed by atoms with van der Waals surface area (Å²) in [5, 5.41) is 0. The molecule has 0 aliphatic heterocycles. The van der Waals surface area contributed by atoms with Crippen molar-refractivity contribution in [2.24, 2.45) is 11.3 Å². The van der Waals surface area contributed by atoms with Crippen molar-refractivity contribution in [1.29, 1.82) is 0 Å². The number of rotatable bonds is 10. The number of hydrogen-bond donors (Lipinski definition) is 0. The van der Waals surface area contributed by atoms with Gasteiger partial charge < -0.3 is 4.90 Å². The zero-order valence-electron chi connectivity index (χ0n) is 19.8. The normalized spacial score (nSPS) is 13.4. The van der Waals surface area contributed by atoms with Gasteiger partial charge in [0.05, 0.1) is 0 Å². The minimum atomic E-state index is 0.301. The molecule has 0 amide bonds. The summed E-state index contributed by atoms with van der Waals surface area (Å²) >= 11 is 0. The second kappa shape index (κ2) is 10.9. The van der Waals surface area contributed by atoms with Crippen molar-refractivity contribution in [3.63, 3.8) is 0 Å². The maximum Gasteiger partial charge on any atom is 0.0240 e. The smallest absolute Gasteiger partial charge is 0.0240 e. The average molecular weight is 395 g/mol. The Hall–Kier alpha value is -1.64. The van der Waals surface area contributed by atoms with Gasteiger partial charge in [0.25, 0.3) is 0 Å². The highest BCUT2D eigenvalue weighted by molar-refractivity contribution is 5.24. The van der Waals surface area contributed by atoms with Crippen molar-refractivity contribution < 1.29 is 0 Å². The molecule has 0 N–H and O–H groups in total. The Morgan fingerprint density at radius 1 is 0.793 bits per heavy atom. The molecular weight excluding hydrogens is 352 g/mol. The zero-order chi connectivity index (χ0) is 21.4. The van der Waals surface area contributed by atoms with Crippen LogP contribution in [0, 0.1) is 11.3 Å². The predicted octanol–water partition coefficient (Wildman–Crippen LogP) is 6.25. The van der Waals surface area contributed by atoms with Crippen molar-refractivity contribution >= 4 is 0 Å². The van der Waals surface area contributed by atoms with Gasteiger partial charge in [0.15, 0.2) is 0 Å². The van der Waals surface area contributed by atoms with E-state index in [0.717, 1.165) is 26.1 Å². The molecule has 0 saturated heterocycles. The summed E-state index contributed by atoms with van der Waals surface area (Å²) in [5.41, 5.74) is 4.58. The third-order valence-corrected chi connectivity index (χ3v) is 5.19. The van der Waals surface area contributed by atoms with E-state index in [4.69, 9.17) is 0 Å². The first kappa shape index (κ1) is 23.6. The van der Waals surface area contributed by atoms with E-state index in [1.54, 1.807) is 0 Å². The Labute approximate surface area is 179 Å². The van der Waals surface area contributed by atoms with Crippen LogP contribution in [0.1, 0.15) is 57.7 Å². The molecule has 0 radical (unpaired) electrons. The second-order valence-electron chi connectivity index (χ2n) is 10.5. The molecule has 0 saturated carbocycles. The second-order valence-corrected chi connectivity index (χ2v) is 10.5. The van der Waals surface area contributed by atoms with E-state index in [9.17, 15) is 0 Å². The van der Waals surface area contributed by atoms with Gasteiger partial charge in [0, 0.05) is 25.7 Å². The molecule has 2 rings (SSSR count). The Bertz CT molecular complexity index is 713. The van der Waals surface area contributed by atoms with Crippen LogP contribution in [0.5, 0.6) is 0 Å². The summed E-state index contributed by atoms with van der Waals surface area (Å²) in [5.74, 6) is 0.688. The van der Waals surface area contributed by atoms with Crippen molar-refractivity contribution in [3.05, 3.63) is 71.3 Å². The van der Waals surface area contributed by atoms with Crippen LogP contribution in [0.2, 0.25) is 0 Å². The van der Waals surface area contributed by atoms with Gasteiger partial charge in [-0.3, -0.25) is 4.90 Å². The minimum Gasteiger partial charge on any atom is -0.308 e. The lowest BCUT2D eigenvalue weighted by Crippen LogP contribution is -2.43. The van der Waals surface area contributed by atoms with Crippen LogP contribution in [0.15, 0.2) is 54.6 Å². The number of benzene rings is 2. The minimum absolute atomic E-state index is 0.301. The molecule has 0 bridgehead atoms. The van der Waals surface area contributed by atoms with E-state index in [2.05, 4.69) is 113 Å². The van der Waals surface area contributed by atoms with Gasteiger partial charge in [0.1, 0.15) is 0 Å². The maximum absolute atomic E-state index is 2.69. The van der Waals surface area contributed by atoms with Crippen LogP contribution in [0.4, 0.5) is 0 Å². The first-order valence-electron chi connectivity index (χ1n) is 11.1. The molecule has 2 aromatic rings. The lowest BCUT2D eigenvalue weighted by atomic mass is 9.87. The molecule has 2 heteroatoms. The fraction of sp³-hybridized carbons (Fsp3) is 0.556. The lowest BCUT2D eigenvalue weighted by Gasteiger charge is -2.37. The van der Waals surface area contributed by atoms with Gasteiger partial charge in [0.2, 0.25) is 0 Å². The molecule has 29 heavy (non-hydrogen) atoms. The Morgan fingerprint density at radius 3 is 1.97 bits per heavy atom. The summed E-state index contributed by atoms with van der Waals surface area (Å²) in [6, 6.07) is 20.7. The number of hydrogen-bond acceptors (Lipinski definition) is 2. The van der Waals surface area contributed by atoms with E-state index in [-0.39, 0.29) is 0 Å². The topological polar surface area (TPSA) is 6.48 Å². The molecule has 2 aromatic carbocycles. The van der Waals surface area contributed by atoms with Crippen molar-refractivity contribution in [2.45, 2.75) is 66.6 Å². The van der Waals surface area contributed by atoms with Crippen molar-refractivity contribution in [1.82, 2.24) is 9.80 Å². The first-order chi connectivity index (χ1) is 13.6. The summed E-state index contributed by atoms with van der Waals surface area (Å²) in [4.78, 5) is 5.03. The van der Waals surface area contributed by atoms with Gasteiger partial charge in [-0.1, -0.05) is 89.2 Å². The van der Waals surface area contributed by atoms with Crippen LogP contribution < -0.4 is 0 Å². The third-order valence-electron chi connectivity index (χ3n) is 5.19. The van der Waals surface area contributed by atoms with Crippen LogP contribution >= 0.6 is 0 Å². The largest absolute Gasteiger partial charge is 0.308 e. The highest BCUT2D eigenvalue weighted by Crippen LogP contribution is 2.26. The first-order valence-corrected chi connectivity index (χ1v) is 11.1. The Morgan fingerprint density at radius 2 is 1.38 bits per heavy atom. The van der Waals surface area contributed by atoms with Gasteiger partial charge in [-0.05, 0) is 55.0 Å². The van der Waals surface area contributed by atoms with Gasteiger partial charge >= 0.3 is 0 Å². The summed E-state index contributed by atoms with van der Waals surface area (Å²) in [6.07, 6.45) is 2.33. The molecule has 0 aliphatic rings. The van der Waals surface area contributed by atoms with Crippen LogP contribution in [-0.4, -0.2) is 36.5 Å². The van der Waals surface area contributed by atoms with E-state index in [0.29, 0.717) is 17.4 Å². The number of nitrogens with zero attached hydrogens (tertiary/aromatic N) is 2. The van der Waals surface area contributed by atoms with Gasteiger partial charge in [-0.2, -0.15) is 0 Å². The van der Waals surface area contributed by atoms with E-state index < -0.39 is 0 Å². The van der Waals surface area contributed by atoms with Crippen molar-refractivity contribution in [2.75, 3.05) is 20.6 Å². The van der Waals surface area contributed by atoms with Gasteiger partial charge in [-0.15, -0.1) is 0 Å². The molecule has 0 aromatic heterocycles. The fourth-order valence-electron chi connectivity index (χ4n) is 4.13. The van der Waals surface area contributed by atoms with Crippen LogP contribution in [0.3, 0.4) is 0 Å². The Balaban J connectivity index is 2.29. The fourth-order valence-corrected chi connectivity index (χ4v) is 4.13. The summed E-state index contributed by atoms with van der Waals surface area (Å²) in [7, 11) is 4.39. The summed E-state index contributed by atoms with van der Waals surface area (Å²) in [6.45, 7) is 14.7. The predicted molar refractivity (Wildman–Crippen MR) is 127 cm³/mol. The van der Waals surface area contributed by atoms with E-state index in [1.165, 1.54) is 23.1 Å². The molecule has 160 valence electrons. The molecule has 2 nitrogen and oxygen atoms in total. The summed E-state index contributed by atoms with van der Waals surface area (Å²) < 4.78 is 0. The quantitative estimate of drug-likeness (QED) is 0.470. The molecule has 1 atom stereocenters. The lowest BCUT2D eigenvalue weighted by molar-refractivity contribution is 0.108. The standard InChI is InChI=1S/C27H42N2/c1-22(2)16-24-14-11-15-25(17-24)20-29(19-23-12-9-8-10-13-23)26(21-28(6)7)18-27(3,4)5/h8-15,17,22,26H,16,18-21H2,1-7H3/t26-/m0/s1. The monoisotopic (exact) mass is 394 g/mol. The SMILES string of the molecule is CC(C)Cc1cccc(CN(Cc2ccccc2)[C@H](CN(C)C)CC(C)(C)C)c1. The molecule has 0 unspecified atom stereocenters. The van der Waals surface area contributed by atoms with Crippen molar-refractivity contribution in [3.8, 4) is 0 Å². The maximum atomic E-state index is 2.69. The van der Waals surface area contributed by atoms with Crippen LogP contribution in [0.25, 0.3) is 0 Å². The van der Waals surface area contributed by atoms with Crippen LogP contribution in [-0.2, 0) is 19.5 Å². The average Bonchev–Trinajstić information content (AvgIpc) is 2.60. The molecule has 0 fully saturated rings. The van der Waals surface area contributed by atoms with E-state index in [1.807, 2.05) is 0 Å². The number of likely N-dealkylation sites (N-methyl/N-ethyl adjacent to an activating group) is 1. The molecule has 0 aliphatic carbocycles. The highest BCUT2D eigenvalue weighted by Gasteiger charge is 2.25. The Kier molecular flexibility index (Phi) is 8.92. The highest BCUT2D eigenvalue weighted by atomic mass is 15.2. The van der Waals surface area contributed by atoms with Gasteiger partial charge in [-0.25, -0.2) is 0 Å². The molecule has 0 spiro atoms. The zero-order valence-corrected chi connectivity index (χ0v) is 19.8. The molecular formula is C27H42N2.